The van der Waals surface area contributed by atoms with Crippen molar-refractivity contribution in [2.75, 3.05) is 6.54 Å². The Bertz CT molecular complexity index is 1150. The van der Waals surface area contributed by atoms with Crippen LogP contribution in [0, 0.1) is 0 Å². The van der Waals surface area contributed by atoms with E-state index >= 15 is 0 Å². The monoisotopic (exact) mass is 427 g/mol. The Balaban J connectivity index is 1.60. The van der Waals surface area contributed by atoms with Gasteiger partial charge in [-0.3, -0.25) is 9.59 Å². The Kier molecular flexibility index (Phi) is 5.63. The molecule has 2 aromatic carbocycles. The number of carbonyl (C=O) groups is 1. The third-order valence-electron chi connectivity index (χ3n) is 4.95. The molecule has 8 heteroatoms. The second-order valence-corrected chi connectivity index (χ2v) is 7.68. The number of carbonyl (C=O) groups excluding carboxylic acids is 1. The van der Waals surface area contributed by atoms with Gasteiger partial charge in [0.15, 0.2) is 11.5 Å². The molecule has 1 aliphatic heterocycles. The van der Waals surface area contributed by atoms with E-state index in [4.69, 9.17) is 21.1 Å². The Hall–Kier alpha value is -3.06. The van der Waals surface area contributed by atoms with Crippen LogP contribution in [0.2, 0.25) is 5.02 Å². The van der Waals surface area contributed by atoms with E-state index in [2.05, 4.69) is 9.97 Å². The summed E-state index contributed by atoms with van der Waals surface area (Å²) in [6.45, 7) is 4.43. The van der Waals surface area contributed by atoms with Crippen molar-refractivity contribution in [1.82, 2.24) is 14.9 Å². The van der Waals surface area contributed by atoms with E-state index in [1.807, 2.05) is 25.1 Å². The van der Waals surface area contributed by atoms with Crippen molar-refractivity contribution < 1.29 is 14.3 Å². The van der Waals surface area contributed by atoms with Gasteiger partial charge in [-0.2, -0.15) is 0 Å². The standard InChI is InChI=1S/C22H22ClN3O4/c1-3-10-26(12-19-24-16-11-14(23)8-9-15(16)21(27)25-19)22(28)20-13(2)29-17-6-4-5-7-18(17)30-20/h4-9,11,13,20H,3,10,12H2,1-2H3,(H,24,25,27). The first kappa shape index (κ1) is 20.2. The summed E-state index contributed by atoms with van der Waals surface area (Å²) in [5.74, 6) is 1.33. The SMILES string of the molecule is CCCN(Cc1nc2cc(Cl)ccc2c(=O)[nH]1)C(=O)C1Oc2ccccc2OC1C. The number of aromatic nitrogens is 2. The largest absolute Gasteiger partial charge is 0.482 e. The highest BCUT2D eigenvalue weighted by molar-refractivity contribution is 6.31. The molecular formula is C22H22ClN3O4. The van der Waals surface area contributed by atoms with Gasteiger partial charge in [0, 0.05) is 11.6 Å². The zero-order valence-electron chi connectivity index (χ0n) is 16.7. The smallest absolute Gasteiger partial charge is 0.267 e. The maximum atomic E-state index is 13.3. The van der Waals surface area contributed by atoms with Crippen LogP contribution in [0.5, 0.6) is 11.5 Å². The van der Waals surface area contributed by atoms with Crippen LogP contribution in [0.25, 0.3) is 10.9 Å². The first-order valence-corrected chi connectivity index (χ1v) is 10.2. The molecule has 1 N–H and O–H groups in total. The fourth-order valence-electron chi connectivity index (χ4n) is 3.52. The number of nitrogens with zero attached hydrogens (tertiary/aromatic N) is 2. The molecule has 3 aromatic rings. The third kappa shape index (κ3) is 3.98. The lowest BCUT2D eigenvalue weighted by Gasteiger charge is -2.34. The number of aromatic amines is 1. The lowest BCUT2D eigenvalue weighted by molar-refractivity contribution is -0.145. The van der Waals surface area contributed by atoms with E-state index in [0.29, 0.717) is 39.8 Å². The normalized spacial score (nSPS) is 17.7. The van der Waals surface area contributed by atoms with Crippen molar-refractivity contribution in [2.45, 2.75) is 39.0 Å². The van der Waals surface area contributed by atoms with Crippen molar-refractivity contribution in [3.8, 4) is 11.5 Å². The highest BCUT2D eigenvalue weighted by atomic mass is 35.5. The van der Waals surface area contributed by atoms with Crippen LogP contribution < -0.4 is 15.0 Å². The van der Waals surface area contributed by atoms with Crippen molar-refractivity contribution in [3.63, 3.8) is 0 Å². The number of amides is 1. The number of rotatable bonds is 5. The van der Waals surface area contributed by atoms with Gasteiger partial charge >= 0.3 is 0 Å². The molecule has 2 atom stereocenters. The minimum Gasteiger partial charge on any atom is -0.482 e. The van der Waals surface area contributed by atoms with E-state index in [1.54, 1.807) is 36.1 Å². The number of halogens is 1. The van der Waals surface area contributed by atoms with Crippen LogP contribution in [0.15, 0.2) is 47.3 Å². The van der Waals surface area contributed by atoms with Crippen molar-refractivity contribution in [1.29, 1.82) is 0 Å². The fourth-order valence-corrected chi connectivity index (χ4v) is 3.69. The van der Waals surface area contributed by atoms with Crippen LogP contribution in [0.1, 0.15) is 26.1 Å². The van der Waals surface area contributed by atoms with Crippen LogP contribution in [-0.2, 0) is 11.3 Å². The number of hydrogen-bond acceptors (Lipinski definition) is 5. The Morgan fingerprint density at radius 3 is 2.67 bits per heavy atom. The molecule has 0 fully saturated rings. The number of para-hydroxylation sites is 2. The molecule has 1 aliphatic rings. The van der Waals surface area contributed by atoms with Gasteiger partial charge in [-0.1, -0.05) is 30.7 Å². The minimum atomic E-state index is -0.784. The van der Waals surface area contributed by atoms with Crippen molar-refractivity contribution >= 4 is 28.4 Å². The highest BCUT2D eigenvalue weighted by Crippen LogP contribution is 2.34. The van der Waals surface area contributed by atoms with Crippen LogP contribution in [0.3, 0.4) is 0 Å². The van der Waals surface area contributed by atoms with Gasteiger partial charge in [0.05, 0.1) is 17.4 Å². The first-order chi connectivity index (χ1) is 14.5. The number of fused-ring (bicyclic) bond motifs is 2. The Labute approximate surface area is 178 Å². The van der Waals surface area contributed by atoms with E-state index < -0.39 is 12.2 Å². The molecule has 30 heavy (non-hydrogen) atoms. The lowest BCUT2D eigenvalue weighted by atomic mass is 10.1. The Morgan fingerprint density at radius 1 is 1.20 bits per heavy atom. The molecule has 156 valence electrons. The summed E-state index contributed by atoms with van der Waals surface area (Å²) in [6.07, 6.45) is -0.490. The van der Waals surface area contributed by atoms with Crippen molar-refractivity contribution in [2.24, 2.45) is 0 Å². The summed E-state index contributed by atoms with van der Waals surface area (Å²) in [7, 11) is 0. The molecule has 0 radical (unpaired) electrons. The second kappa shape index (κ2) is 8.36. The molecule has 0 bridgehead atoms. The third-order valence-corrected chi connectivity index (χ3v) is 5.18. The summed E-state index contributed by atoms with van der Waals surface area (Å²) < 4.78 is 11.8. The molecule has 1 aromatic heterocycles. The maximum absolute atomic E-state index is 13.3. The first-order valence-electron chi connectivity index (χ1n) is 9.86. The molecule has 0 saturated carbocycles. The fraction of sp³-hybridized carbons (Fsp3) is 0.318. The van der Waals surface area contributed by atoms with Crippen LogP contribution in [-0.4, -0.2) is 39.5 Å². The van der Waals surface area contributed by atoms with E-state index in [0.717, 1.165) is 6.42 Å². The summed E-state index contributed by atoms with van der Waals surface area (Å²) in [6, 6.07) is 12.2. The predicted octanol–water partition coefficient (Wildman–Crippen LogP) is 3.54. The average Bonchev–Trinajstić information content (AvgIpc) is 2.72. The minimum absolute atomic E-state index is 0.151. The molecule has 0 spiro atoms. The van der Waals surface area contributed by atoms with Gasteiger partial charge in [-0.05, 0) is 43.7 Å². The molecule has 2 unspecified atom stereocenters. The zero-order valence-corrected chi connectivity index (χ0v) is 17.5. The van der Waals surface area contributed by atoms with Crippen LogP contribution >= 0.6 is 11.6 Å². The predicted molar refractivity (Wildman–Crippen MR) is 114 cm³/mol. The molecular weight excluding hydrogens is 406 g/mol. The molecule has 0 saturated heterocycles. The lowest BCUT2D eigenvalue weighted by Crippen LogP contribution is -2.50. The maximum Gasteiger partial charge on any atom is 0.267 e. The number of benzene rings is 2. The van der Waals surface area contributed by atoms with E-state index in [1.165, 1.54) is 0 Å². The van der Waals surface area contributed by atoms with Gasteiger partial charge in [-0.25, -0.2) is 4.98 Å². The van der Waals surface area contributed by atoms with E-state index in [-0.39, 0.29) is 18.0 Å². The number of hydrogen-bond donors (Lipinski definition) is 1. The summed E-state index contributed by atoms with van der Waals surface area (Å²) in [5.41, 5.74) is 0.222. The average molecular weight is 428 g/mol. The van der Waals surface area contributed by atoms with Gasteiger partial charge in [0.2, 0.25) is 6.10 Å². The number of ether oxygens (including phenoxy) is 2. The molecule has 4 rings (SSSR count). The van der Waals surface area contributed by atoms with Crippen LogP contribution in [0.4, 0.5) is 0 Å². The van der Waals surface area contributed by atoms with Crippen molar-refractivity contribution in [3.05, 3.63) is 63.7 Å². The summed E-state index contributed by atoms with van der Waals surface area (Å²) >= 11 is 6.04. The quantitative estimate of drug-likeness (QED) is 0.673. The molecule has 1 amide bonds. The summed E-state index contributed by atoms with van der Waals surface area (Å²) in [5, 5.41) is 0.944. The Morgan fingerprint density at radius 2 is 1.93 bits per heavy atom. The molecule has 2 heterocycles. The molecule has 7 nitrogen and oxygen atoms in total. The van der Waals surface area contributed by atoms with Gasteiger partial charge in [-0.15, -0.1) is 0 Å². The number of nitrogens with one attached hydrogen (secondary N) is 1. The topological polar surface area (TPSA) is 84.5 Å². The zero-order chi connectivity index (χ0) is 21.3. The second-order valence-electron chi connectivity index (χ2n) is 7.24. The van der Waals surface area contributed by atoms with E-state index in [9.17, 15) is 9.59 Å². The highest BCUT2D eigenvalue weighted by Gasteiger charge is 2.36. The summed E-state index contributed by atoms with van der Waals surface area (Å²) in [4.78, 5) is 34.6. The van der Waals surface area contributed by atoms with Gasteiger partial charge in [0.1, 0.15) is 11.9 Å². The van der Waals surface area contributed by atoms with Gasteiger partial charge < -0.3 is 19.4 Å². The number of H-pyrrole nitrogens is 1. The van der Waals surface area contributed by atoms with Gasteiger partial charge in [0.25, 0.3) is 11.5 Å². The molecule has 0 aliphatic carbocycles.